The molecule has 0 unspecified atom stereocenters. The standard InChI is InChI=1S/C32H37N3O4/c1-38-32(37)25-13-18-29(19-14-25)39-28-16-11-24(12-17-28)30(36)21-26-15-20-31(34-33-26)35(27-9-5-6-10-27)22-23-7-3-2-4-8-23/h2-4,7-8,11-12,15-17,20,25,27,29H,5-6,9-10,13-14,18-19,21-22H2,1H3. The number of ether oxygens (including phenoxy) is 2. The van der Waals surface area contributed by atoms with E-state index in [9.17, 15) is 9.59 Å². The Morgan fingerprint density at radius 3 is 2.21 bits per heavy atom. The molecule has 2 saturated carbocycles. The number of rotatable bonds is 10. The van der Waals surface area contributed by atoms with Crippen molar-refractivity contribution >= 4 is 17.6 Å². The molecule has 5 rings (SSSR count). The van der Waals surface area contributed by atoms with Gasteiger partial charge in [-0.2, -0.15) is 5.10 Å². The maximum Gasteiger partial charge on any atom is 0.308 e. The summed E-state index contributed by atoms with van der Waals surface area (Å²) < 4.78 is 11.0. The van der Waals surface area contributed by atoms with E-state index >= 15 is 0 Å². The Morgan fingerprint density at radius 1 is 0.846 bits per heavy atom. The van der Waals surface area contributed by atoms with Crippen LogP contribution >= 0.6 is 0 Å². The van der Waals surface area contributed by atoms with Gasteiger partial charge in [-0.3, -0.25) is 9.59 Å². The van der Waals surface area contributed by atoms with E-state index in [2.05, 4.69) is 39.4 Å². The number of anilines is 1. The Hall–Kier alpha value is -3.74. The summed E-state index contributed by atoms with van der Waals surface area (Å²) in [6.07, 6.45) is 8.30. The van der Waals surface area contributed by atoms with Gasteiger partial charge in [-0.1, -0.05) is 43.2 Å². The minimum atomic E-state index is -0.131. The van der Waals surface area contributed by atoms with E-state index in [1.807, 2.05) is 30.3 Å². The predicted molar refractivity (Wildman–Crippen MR) is 150 cm³/mol. The molecule has 0 radical (unpaired) electrons. The molecule has 7 heteroatoms. The topological polar surface area (TPSA) is 81.6 Å². The Labute approximate surface area is 230 Å². The number of carbonyl (C=O) groups is 2. The summed E-state index contributed by atoms with van der Waals surface area (Å²) in [5.74, 6) is 1.45. The molecule has 1 heterocycles. The van der Waals surface area contributed by atoms with Crippen LogP contribution in [0.25, 0.3) is 0 Å². The number of carbonyl (C=O) groups excluding carboxylic acids is 2. The molecule has 0 atom stereocenters. The van der Waals surface area contributed by atoms with Crippen molar-refractivity contribution in [1.82, 2.24) is 10.2 Å². The molecule has 39 heavy (non-hydrogen) atoms. The van der Waals surface area contributed by atoms with Crippen LogP contribution in [0.5, 0.6) is 5.75 Å². The van der Waals surface area contributed by atoms with Gasteiger partial charge in [0.1, 0.15) is 5.75 Å². The zero-order valence-electron chi connectivity index (χ0n) is 22.6. The fourth-order valence-electron chi connectivity index (χ4n) is 5.75. The van der Waals surface area contributed by atoms with Crippen molar-refractivity contribution in [2.75, 3.05) is 12.0 Å². The van der Waals surface area contributed by atoms with Crippen molar-refractivity contribution in [3.05, 3.63) is 83.6 Å². The minimum Gasteiger partial charge on any atom is -0.490 e. The number of esters is 1. The quantitative estimate of drug-likeness (QED) is 0.238. The molecule has 204 valence electrons. The number of aromatic nitrogens is 2. The summed E-state index contributed by atoms with van der Waals surface area (Å²) in [5, 5.41) is 8.97. The molecule has 0 spiro atoms. The van der Waals surface area contributed by atoms with Gasteiger partial charge in [0.05, 0.1) is 31.2 Å². The largest absolute Gasteiger partial charge is 0.490 e. The third-order valence-corrected chi connectivity index (χ3v) is 7.99. The molecule has 1 aromatic heterocycles. The van der Waals surface area contributed by atoms with Crippen molar-refractivity contribution in [2.24, 2.45) is 5.92 Å². The SMILES string of the molecule is COC(=O)C1CCC(Oc2ccc(C(=O)Cc3ccc(N(Cc4ccccc4)C4CCCC4)nn3)cc2)CC1. The number of hydrogen-bond acceptors (Lipinski definition) is 7. The van der Waals surface area contributed by atoms with Gasteiger partial charge < -0.3 is 14.4 Å². The van der Waals surface area contributed by atoms with E-state index in [-0.39, 0.29) is 30.2 Å². The lowest BCUT2D eigenvalue weighted by Gasteiger charge is -2.30. The molecule has 7 nitrogen and oxygen atoms in total. The summed E-state index contributed by atoms with van der Waals surface area (Å²) in [6, 6.07) is 22.2. The molecule has 0 amide bonds. The molecule has 0 aliphatic heterocycles. The predicted octanol–water partition coefficient (Wildman–Crippen LogP) is 5.96. The van der Waals surface area contributed by atoms with Crippen molar-refractivity contribution in [2.45, 2.75) is 76.5 Å². The number of methoxy groups -OCH3 is 1. The Bertz CT molecular complexity index is 1220. The molecule has 2 aliphatic rings. The second-order valence-electron chi connectivity index (χ2n) is 10.7. The Balaban J connectivity index is 1.16. The van der Waals surface area contributed by atoms with Gasteiger partial charge in [-0.15, -0.1) is 5.10 Å². The van der Waals surface area contributed by atoms with Crippen molar-refractivity contribution in [1.29, 1.82) is 0 Å². The molecular weight excluding hydrogens is 490 g/mol. The van der Waals surface area contributed by atoms with Gasteiger partial charge in [-0.05, 0) is 80.5 Å². The molecule has 0 bridgehead atoms. The zero-order chi connectivity index (χ0) is 27.0. The third kappa shape index (κ3) is 7.02. The first-order valence-electron chi connectivity index (χ1n) is 14.1. The van der Waals surface area contributed by atoms with E-state index in [0.29, 0.717) is 17.3 Å². The smallest absolute Gasteiger partial charge is 0.308 e. The highest BCUT2D eigenvalue weighted by Gasteiger charge is 2.28. The van der Waals surface area contributed by atoms with Crippen molar-refractivity contribution < 1.29 is 19.1 Å². The molecule has 2 aliphatic carbocycles. The van der Waals surface area contributed by atoms with Crippen LogP contribution in [0.15, 0.2) is 66.7 Å². The maximum absolute atomic E-state index is 13.0. The van der Waals surface area contributed by atoms with Crippen LogP contribution in [0.3, 0.4) is 0 Å². The molecule has 3 aromatic rings. The number of Topliss-reactive ketones (excluding diaryl/α,β-unsaturated/α-hetero) is 1. The van der Waals surface area contributed by atoms with Crippen LogP contribution in [0.1, 0.15) is 73.0 Å². The van der Waals surface area contributed by atoms with Crippen LogP contribution in [-0.2, 0) is 22.5 Å². The average Bonchev–Trinajstić information content (AvgIpc) is 3.52. The lowest BCUT2D eigenvalue weighted by atomic mass is 9.87. The van der Waals surface area contributed by atoms with Gasteiger partial charge in [0.15, 0.2) is 11.6 Å². The first kappa shape index (κ1) is 26.9. The summed E-state index contributed by atoms with van der Waals surface area (Å²) in [4.78, 5) is 27.0. The van der Waals surface area contributed by atoms with E-state index in [1.54, 1.807) is 12.1 Å². The summed E-state index contributed by atoms with van der Waals surface area (Å²) in [6.45, 7) is 0.805. The normalized spacial score (nSPS) is 19.4. The lowest BCUT2D eigenvalue weighted by molar-refractivity contribution is -0.147. The molecule has 0 saturated heterocycles. The Kier molecular flexibility index (Phi) is 8.86. The van der Waals surface area contributed by atoms with Crippen LogP contribution in [-0.4, -0.2) is 41.2 Å². The number of ketones is 1. The maximum atomic E-state index is 13.0. The fourth-order valence-corrected chi connectivity index (χ4v) is 5.75. The van der Waals surface area contributed by atoms with Crippen LogP contribution < -0.4 is 9.64 Å². The second-order valence-corrected chi connectivity index (χ2v) is 10.7. The Morgan fingerprint density at radius 2 is 1.56 bits per heavy atom. The van der Waals surface area contributed by atoms with E-state index in [0.717, 1.165) is 43.8 Å². The van der Waals surface area contributed by atoms with Crippen molar-refractivity contribution in [3.8, 4) is 5.75 Å². The second kappa shape index (κ2) is 12.9. The van der Waals surface area contributed by atoms with E-state index < -0.39 is 0 Å². The lowest BCUT2D eigenvalue weighted by Crippen LogP contribution is -2.33. The summed E-state index contributed by atoms with van der Waals surface area (Å²) >= 11 is 0. The number of nitrogens with zero attached hydrogens (tertiary/aromatic N) is 3. The third-order valence-electron chi connectivity index (χ3n) is 7.99. The van der Waals surface area contributed by atoms with Crippen LogP contribution in [0, 0.1) is 5.92 Å². The van der Waals surface area contributed by atoms with Crippen LogP contribution in [0.4, 0.5) is 5.82 Å². The average molecular weight is 528 g/mol. The highest BCUT2D eigenvalue weighted by Crippen LogP contribution is 2.30. The fraction of sp³-hybridized carbons (Fsp3) is 0.438. The van der Waals surface area contributed by atoms with Crippen LogP contribution in [0.2, 0.25) is 0 Å². The zero-order valence-corrected chi connectivity index (χ0v) is 22.6. The number of benzene rings is 2. The van der Waals surface area contributed by atoms with E-state index in [4.69, 9.17) is 9.47 Å². The van der Waals surface area contributed by atoms with Gasteiger partial charge in [0.25, 0.3) is 0 Å². The molecular formula is C32H37N3O4. The first-order valence-corrected chi connectivity index (χ1v) is 14.1. The molecule has 2 fully saturated rings. The number of hydrogen-bond donors (Lipinski definition) is 0. The minimum absolute atomic E-state index is 0.000814. The van der Waals surface area contributed by atoms with Crippen molar-refractivity contribution in [3.63, 3.8) is 0 Å². The van der Waals surface area contributed by atoms with Gasteiger partial charge >= 0.3 is 5.97 Å². The van der Waals surface area contributed by atoms with Gasteiger partial charge in [0.2, 0.25) is 0 Å². The first-order chi connectivity index (χ1) is 19.1. The highest BCUT2D eigenvalue weighted by atomic mass is 16.5. The summed E-state index contributed by atoms with van der Waals surface area (Å²) in [7, 11) is 1.44. The monoisotopic (exact) mass is 527 g/mol. The molecule has 2 aromatic carbocycles. The van der Waals surface area contributed by atoms with Gasteiger partial charge in [-0.25, -0.2) is 0 Å². The highest BCUT2D eigenvalue weighted by molar-refractivity contribution is 5.97. The van der Waals surface area contributed by atoms with Gasteiger partial charge in [0, 0.05) is 18.2 Å². The summed E-state index contributed by atoms with van der Waals surface area (Å²) in [5.41, 5.74) is 2.54. The van der Waals surface area contributed by atoms with E-state index in [1.165, 1.54) is 38.4 Å². The molecule has 0 N–H and O–H groups in total.